The second kappa shape index (κ2) is 30.4. The van der Waals surface area contributed by atoms with E-state index in [0.717, 1.165) is 22.3 Å². The summed E-state index contributed by atoms with van der Waals surface area (Å²) < 4.78 is 29.7. The van der Waals surface area contributed by atoms with Gasteiger partial charge in [-0.1, -0.05) is 132 Å². The van der Waals surface area contributed by atoms with Gasteiger partial charge in [0.05, 0.1) is 37.6 Å². The Morgan fingerprint density at radius 2 is 1.21 bits per heavy atom. The second-order valence-electron chi connectivity index (χ2n) is 25.0. The zero-order valence-corrected chi connectivity index (χ0v) is 53.8. The first kappa shape index (κ1) is 69.6. The van der Waals surface area contributed by atoms with Gasteiger partial charge in [0.25, 0.3) is 0 Å². The highest BCUT2D eigenvalue weighted by Crippen LogP contribution is 2.44. The van der Waals surface area contributed by atoms with E-state index in [2.05, 4.69) is 45.1 Å². The number of esters is 1. The van der Waals surface area contributed by atoms with E-state index in [1.807, 2.05) is 89.3 Å². The van der Waals surface area contributed by atoms with Crippen LogP contribution in [0.25, 0.3) is 11.1 Å². The van der Waals surface area contributed by atoms with Crippen LogP contribution in [-0.2, 0) is 63.4 Å². The Balaban J connectivity index is 1.40. The monoisotopic (exact) mass is 1210 g/mol. The number of carbonyl (C=O) groups is 8. The highest BCUT2D eigenvalue weighted by Gasteiger charge is 2.43. The molecule has 2 aliphatic rings. The third kappa shape index (κ3) is 18.7. The van der Waals surface area contributed by atoms with Crippen molar-refractivity contribution in [2.45, 2.75) is 185 Å². The van der Waals surface area contributed by atoms with Gasteiger partial charge in [-0.05, 0) is 106 Å². The minimum atomic E-state index is -2.68. The topological polar surface area (TPSA) is 258 Å². The number of ether oxygens (including phenoxy) is 4. The molecule has 3 aromatic carbocycles. The third-order valence-electron chi connectivity index (χ3n) is 16.6. The van der Waals surface area contributed by atoms with Crippen LogP contribution in [0, 0.1) is 5.92 Å². The van der Waals surface area contributed by atoms with Gasteiger partial charge in [-0.2, -0.15) is 0 Å². The van der Waals surface area contributed by atoms with E-state index >= 15 is 4.79 Å². The van der Waals surface area contributed by atoms with Gasteiger partial charge in [-0.15, -0.1) is 13.2 Å². The predicted octanol–water partition coefficient (Wildman–Crippen LogP) is 7.16. The first-order valence-corrected chi connectivity index (χ1v) is 32.6. The quantitative estimate of drug-likeness (QED) is 0.0220. The minimum absolute atomic E-state index is 0.0362. The molecule has 0 bridgehead atoms. The Morgan fingerprint density at radius 1 is 0.674 bits per heavy atom. The van der Waals surface area contributed by atoms with E-state index in [0.29, 0.717) is 18.4 Å². The zero-order chi connectivity index (χ0) is 63.9. The van der Waals surface area contributed by atoms with Gasteiger partial charge in [-0.3, -0.25) is 28.8 Å². The molecule has 1 aliphatic heterocycles. The maximum atomic E-state index is 15.1. The molecule has 0 radical (unpaired) electrons. The Morgan fingerprint density at radius 3 is 1.77 bits per heavy atom. The third-order valence-corrected chi connectivity index (χ3v) is 21.1. The van der Waals surface area contributed by atoms with Crippen molar-refractivity contribution >= 4 is 55.8 Å². The number of hydrogen-bond acceptors (Lipinski definition) is 13. The molecule has 0 spiro atoms. The lowest BCUT2D eigenvalue weighted by Gasteiger charge is -2.38. The van der Waals surface area contributed by atoms with Crippen molar-refractivity contribution < 1.29 is 61.7 Å². The van der Waals surface area contributed by atoms with Crippen molar-refractivity contribution in [3.63, 3.8) is 0 Å². The van der Waals surface area contributed by atoms with Gasteiger partial charge in [-0.25, -0.2) is 9.59 Å². The fourth-order valence-corrected chi connectivity index (χ4v) is 10.8. The van der Waals surface area contributed by atoms with Crippen LogP contribution >= 0.6 is 0 Å². The molecule has 5 rings (SSSR count). The first-order chi connectivity index (χ1) is 40.4. The summed E-state index contributed by atoms with van der Waals surface area (Å²) in [5.41, 5.74) is 2.86. The molecule has 20 nitrogen and oxygen atoms in total. The number of nitrogens with one attached hydrogen (secondary N) is 6. The summed E-state index contributed by atoms with van der Waals surface area (Å²) in [6.45, 7) is 30.7. The van der Waals surface area contributed by atoms with Crippen LogP contribution in [0.5, 0.6) is 0 Å². The van der Waals surface area contributed by atoms with Gasteiger partial charge >= 0.3 is 12.1 Å². The van der Waals surface area contributed by atoms with Gasteiger partial charge in [0.2, 0.25) is 35.4 Å². The predicted molar refractivity (Wildman–Crippen MR) is 332 cm³/mol. The molecule has 1 fully saturated rings. The highest BCUT2D eigenvalue weighted by molar-refractivity contribution is 6.74. The molecule has 0 saturated carbocycles. The van der Waals surface area contributed by atoms with Crippen molar-refractivity contribution in [2.24, 2.45) is 5.92 Å². The lowest BCUT2D eigenvalue weighted by Crippen LogP contribution is -2.64. The molecule has 6 N–H and O–H groups in total. The lowest BCUT2D eigenvalue weighted by atomic mass is 9.98. The van der Waals surface area contributed by atoms with Crippen LogP contribution in [0.2, 0.25) is 18.1 Å². The van der Waals surface area contributed by atoms with Crippen molar-refractivity contribution in [1.29, 1.82) is 0 Å². The van der Waals surface area contributed by atoms with Crippen molar-refractivity contribution in [1.82, 2.24) is 36.8 Å². The van der Waals surface area contributed by atoms with Crippen molar-refractivity contribution in [3.05, 3.63) is 121 Å². The number of amides is 7. The molecule has 470 valence electrons. The summed E-state index contributed by atoms with van der Waals surface area (Å²) in [5, 5.41) is 16.3. The number of fused-ring (bicyclic) bond motifs is 3. The Labute approximate surface area is 509 Å². The van der Waals surface area contributed by atoms with E-state index < -0.39 is 122 Å². The van der Waals surface area contributed by atoms with E-state index in [-0.39, 0.29) is 49.5 Å². The molecular formula is C65H93N7O13Si. The summed E-state index contributed by atoms with van der Waals surface area (Å²) in [6, 6.07) is 15.8. The molecule has 1 heterocycles. The number of benzene rings is 3. The van der Waals surface area contributed by atoms with Gasteiger partial charge in [0.1, 0.15) is 48.9 Å². The first-order valence-electron chi connectivity index (χ1n) is 29.7. The SMILES string of the molecule is C=CC(C)(C)OC[C@H](NC(=O)[C@@H](NC(=O)[C@H](CO[Si](C)(C)C(C)(C)C)NC(=O)[C@@H](Cc1ccccc1)NC(=O)[C@@H]1CCCN1C(=O)[C@H](C)NC(=O)OCC1c2ccccc2-c2ccccc21)[C@@H](C)OC(C)(C)C=C)C(=O)N[C@H](C(=O)OC)[C@@H](C)CC. The number of carbonyl (C=O) groups excluding carboxylic acids is 8. The van der Waals surface area contributed by atoms with Gasteiger partial charge < -0.3 is 60.2 Å². The number of alkyl carbamates (subject to hydrolysis) is 1. The largest absolute Gasteiger partial charge is 0.467 e. The summed E-state index contributed by atoms with van der Waals surface area (Å²) in [7, 11) is -1.47. The highest BCUT2D eigenvalue weighted by atomic mass is 28.4. The van der Waals surface area contributed by atoms with Gasteiger partial charge in [0, 0.05) is 18.9 Å². The summed E-state index contributed by atoms with van der Waals surface area (Å²) in [6.07, 6.45) is 2.31. The molecule has 86 heavy (non-hydrogen) atoms. The molecule has 7 amide bonds. The van der Waals surface area contributed by atoms with E-state index in [1.54, 1.807) is 71.9 Å². The maximum Gasteiger partial charge on any atom is 0.407 e. The van der Waals surface area contributed by atoms with Crippen LogP contribution in [0.3, 0.4) is 0 Å². The average Bonchev–Trinajstić information content (AvgIpc) is 1.81. The second-order valence-corrected chi connectivity index (χ2v) is 29.8. The molecular weight excluding hydrogens is 1110 g/mol. The van der Waals surface area contributed by atoms with Crippen LogP contribution in [0.15, 0.2) is 104 Å². The van der Waals surface area contributed by atoms with Crippen molar-refractivity contribution in [2.75, 3.05) is 33.5 Å². The van der Waals surface area contributed by atoms with E-state index in [9.17, 15) is 33.6 Å². The lowest BCUT2D eigenvalue weighted by molar-refractivity contribution is -0.147. The molecule has 0 aromatic heterocycles. The fourth-order valence-electron chi connectivity index (χ4n) is 9.82. The summed E-state index contributed by atoms with van der Waals surface area (Å²) >= 11 is 0. The van der Waals surface area contributed by atoms with E-state index in [4.69, 9.17) is 23.4 Å². The molecule has 9 atom stereocenters. The average molecular weight is 1210 g/mol. The molecule has 21 heteroatoms. The summed E-state index contributed by atoms with van der Waals surface area (Å²) in [4.78, 5) is 115. The van der Waals surface area contributed by atoms with Crippen LogP contribution < -0.4 is 31.9 Å². The normalized spacial score (nSPS) is 17.1. The number of methoxy groups -OCH3 is 1. The number of likely N-dealkylation sites (tertiary alicyclic amines) is 1. The minimum Gasteiger partial charge on any atom is -0.467 e. The Bertz CT molecular complexity index is 2850. The van der Waals surface area contributed by atoms with Gasteiger partial charge in [0.15, 0.2) is 8.32 Å². The maximum absolute atomic E-state index is 15.1. The zero-order valence-electron chi connectivity index (χ0n) is 52.8. The van der Waals surface area contributed by atoms with Crippen molar-refractivity contribution in [3.8, 4) is 11.1 Å². The molecule has 1 aliphatic carbocycles. The Kier molecular flexibility index (Phi) is 24.6. The van der Waals surface area contributed by atoms with Crippen LogP contribution in [-0.4, -0.2) is 154 Å². The van der Waals surface area contributed by atoms with E-state index in [1.165, 1.54) is 31.1 Å². The number of rotatable bonds is 30. The van der Waals surface area contributed by atoms with Crippen LogP contribution in [0.4, 0.5) is 4.79 Å². The number of nitrogens with zero attached hydrogens (tertiary/aromatic N) is 1. The molecule has 1 saturated heterocycles. The summed E-state index contributed by atoms with van der Waals surface area (Å²) in [5.74, 6) is -5.71. The molecule has 3 aromatic rings. The molecule has 0 unspecified atom stereocenters. The smallest absolute Gasteiger partial charge is 0.407 e. The van der Waals surface area contributed by atoms with Crippen LogP contribution in [0.1, 0.15) is 118 Å². The number of hydrogen-bond donors (Lipinski definition) is 6. The Hall–Kier alpha value is -7.20. The standard InChI is InChI=1S/C65H93N7O13Si/c1-17-40(4)53(61(79)81-14)70-56(74)50(38-83-64(10,11)18-2)69-59(77)54(42(6)85-65(12,13)19-3)71-57(75)51(39-84-86(15,16)63(7,8)9)68-55(73)49(36-43-28-21-20-22-29-43)67-58(76)52-34-27-35-72(52)60(78)41(5)66-62(80)82-37-48-46-32-25-23-30-44(46)45-31-24-26-33-47(45)48/h18-26,28-33,40-42,48-54H,2-3,17,27,34-39H2,1,4-16H3,(H,66,80)(H,67,76)(H,68,73)(H,69,77)(H,70,74)(H,71,75)/t40-,41-,42+,49+,50-,51-,52-,53-,54-/m0/s1. The fraction of sp³-hybridized carbons (Fsp3) is 0.538.